The van der Waals surface area contributed by atoms with Crippen LogP contribution in [0.1, 0.15) is 52.3 Å². The third kappa shape index (κ3) is 6.29. The van der Waals surface area contributed by atoms with Gasteiger partial charge < -0.3 is 15.8 Å². The number of aromatic nitrogens is 2. The van der Waals surface area contributed by atoms with Gasteiger partial charge in [-0.25, -0.2) is 4.98 Å². The molecule has 2 aromatic heterocycles. The van der Waals surface area contributed by atoms with E-state index in [-0.39, 0.29) is 6.10 Å². The summed E-state index contributed by atoms with van der Waals surface area (Å²) in [7, 11) is 0. The van der Waals surface area contributed by atoms with Crippen molar-refractivity contribution in [3.8, 4) is 5.88 Å². The molecule has 2 rings (SSSR count). The minimum Gasteiger partial charge on any atom is -0.475 e. The fourth-order valence-corrected chi connectivity index (χ4v) is 3.92. The fraction of sp³-hybridized carbons (Fsp3) is 0.400. The lowest BCUT2D eigenvalue weighted by Crippen LogP contribution is -2.08. The number of hydrogen-bond acceptors (Lipinski definition) is 7. The van der Waals surface area contributed by atoms with Gasteiger partial charge in [-0.1, -0.05) is 36.4 Å². The molecule has 0 spiro atoms. The Balaban J connectivity index is 2.20. The van der Waals surface area contributed by atoms with Crippen molar-refractivity contribution in [3.05, 3.63) is 45.4 Å². The highest BCUT2D eigenvalue weighted by Crippen LogP contribution is 2.36. The Labute approximate surface area is 170 Å². The van der Waals surface area contributed by atoms with Crippen LogP contribution in [0.3, 0.4) is 0 Å². The van der Waals surface area contributed by atoms with E-state index in [1.165, 1.54) is 5.57 Å². The second-order valence-electron chi connectivity index (χ2n) is 6.59. The van der Waals surface area contributed by atoms with E-state index in [9.17, 15) is 0 Å². The summed E-state index contributed by atoms with van der Waals surface area (Å²) in [6.45, 7) is 12.2. The molecule has 0 saturated heterocycles. The normalized spacial score (nSPS) is 11.6. The number of nitrogens with one attached hydrogen (secondary N) is 1. The number of hydrogen-bond donors (Lipinski definition) is 2. The molecule has 0 aromatic carbocycles. The summed E-state index contributed by atoms with van der Waals surface area (Å²) < 4.78 is 5.77. The van der Waals surface area contributed by atoms with Crippen LogP contribution in [0.15, 0.2) is 34.2 Å². The van der Waals surface area contributed by atoms with Crippen molar-refractivity contribution in [1.82, 2.24) is 9.97 Å². The highest BCUT2D eigenvalue weighted by molar-refractivity contribution is 8.11. The highest BCUT2D eigenvalue weighted by Gasteiger charge is 2.12. The van der Waals surface area contributed by atoms with Crippen molar-refractivity contribution in [2.24, 2.45) is 5.73 Å². The van der Waals surface area contributed by atoms with Crippen molar-refractivity contribution in [2.45, 2.75) is 54.1 Å². The van der Waals surface area contributed by atoms with Gasteiger partial charge in [0.05, 0.1) is 16.8 Å². The number of thiazole rings is 1. The number of ether oxygens (including phenoxy) is 1. The van der Waals surface area contributed by atoms with Crippen LogP contribution in [0.4, 0.5) is 10.9 Å². The van der Waals surface area contributed by atoms with Crippen LogP contribution < -0.4 is 15.8 Å². The number of rotatable bonds is 8. The third-order valence-electron chi connectivity index (χ3n) is 3.45. The summed E-state index contributed by atoms with van der Waals surface area (Å²) in [6, 6.07) is 3.93. The molecule has 0 aliphatic heterocycles. The number of pyridine rings is 1. The summed E-state index contributed by atoms with van der Waals surface area (Å²) in [4.78, 5) is 10.4. The molecule has 0 aliphatic rings. The van der Waals surface area contributed by atoms with Crippen molar-refractivity contribution in [2.75, 3.05) is 5.32 Å². The highest BCUT2D eigenvalue weighted by atomic mass is 32.2. The lowest BCUT2D eigenvalue weighted by molar-refractivity contribution is 0.231. The van der Waals surface area contributed by atoms with Gasteiger partial charge in [-0.2, -0.15) is 4.98 Å². The standard InChI is InChI=1S/C20H28N4OS2/c1-7-8-16(21)27-18(12(2)3)15-11-26-20(22-15)24-17-10-9-14(6)19(23-17)25-13(4)5/h8-11,13H,7,21H2,1-6H3,(H,22,23,24)/b16-8+. The fourth-order valence-electron chi connectivity index (χ4n) is 2.24. The van der Waals surface area contributed by atoms with E-state index in [0.717, 1.165) is 32.7 Å². The van der Waals surface area contributed by atoms with E-state index in [1.54, 1.807) is 23.1 Å². The quantitative estimate of drug-likeness (QED) is 0.556. The summed E-state index contributed by atoms with van der Waals surface area (Å²) in [5.41, 5.74) is 9.20. The predicted molar refractivity (Wildman–Crippen MR) is 119 cm³/mol. The molecule has 5 nitrogen and oxygen atoms in total. The third-order valence-corrected chi connectivity index (χ3v) is 5.43. The smallest absolute Gasteiger partial charge is 0.218 e. The molecule has 2 heterocycles. The molecule has 0 fully saturated rings. The molecule has 2 aromatic rings. The summed E-state index contributed by atoms with van der Waals surface area (Å²) in [6.07, 6.45) is 3.02. The van der Waals surface area contributed by atoms with Gasteiger partial charge in [-0.3, -0.25) is 0 Å². The van der Waals surface area contributed by atoms with Gasteiger partial charge in [0.2, 0.25) is 5.88 Å². The maximum Gasteiger partial charge on any atom is 0.218 e. The van der Waals surface area contributed by atoms with E-state index in [0.29, 0.717) is 11.7 Å². The second-order valence-corrected chi connectivity index (χ2v) is 8.54. The average molecular weight is 405 g/mol. The van der Waals surface area contributed by atoms with Crippen molar-refractivity contribution >= 4 is 39.0 Å². The van der Waals surface area contributed by atoms with Crippen LogP contribution in [0.5, 0.6) is 5.88 Å². The first-order chi connectivity index (χ1) is 12.8. The number of thioether (sulfide) groups is 1. The van der Waals surface area contributed by atoms with Crippen molar-refractivity contribution < 1.29 is 4.74 Å². The number of nitrogens with two attached hydrogens (primary N) is 1. The first-order valence-corrected chi connectivity index (χ1v) is 10.7. The number of anilines is 2. The van der Waals surface area contributed by atoms with Crippen LogP contribution in [0, 0.1) is 6.92 Å². The predicted octanol–water partition coefficient (Wildman–Crippen LogP) is 6.07. The molecule has 0 unspecified atom stereocenters. The van der Waals surface area contributed by atoms with Crippen molar-refractivity contribution in [1.29, 1.82) is 0 Å². The first kappa shape index (κ1) is 21.3. The monoisotopic (exact) mass is 404 g/mol. The molecule has 0 amide bonds. The molecule has 0 radical (unpaired) electrons. The lowest BCUT2D eigenvalue weighted by atomic mass is 10.3. The Morgan fingerprint density at radius 1 is 1.33 bits per heavy atom. The van der Waals surface area contributed by atoms with Crippen molar-refractivity contribution in [3.63, 3.8) is 0 Å². The van der Waals surface area contributed by atoms with Gasteiger partial charge in [-0.05, 0) is 47.1 Å². The van der Waals surface area contributed by atoms with E-state index in [4.69, 9.17) is 15.5 Å². The topological polar surface area (TPSA) is 73.1 Å². The molecule has 27 heavy (non-hydrogen) atoms. The molecular weight excluding hydrogens is 376 g/mol. The molecule has 3 N–H and O–H groups in total. The Morgan fingerprint density at radius 3 is 2.70 bits per heavy atom. The zero-order valence-corrected chi connectivity index (χ0v) is 18.4. The Hall–Kier alpha value is -1.99. The number of allylic oxidation sites excluding steroid dienone is 2. The molecule has 0 saturated carbocycles. The largest absolute Gasteiger partial charge is 0.475 e. The molecular formula is C20H28N4OS2. The maximum atomic E-state index is 6.09. The minimum absolute atomic E-state index is 0.0804. The lowest BCUT2D eigenvalue weighted by Gasteiger charge is -2.12. The SMILES string of the molecule is CC/C=C(\N)SC(=C(C)C)c1csc(Nc2ccc(C)c(OC(C)C)n2)n1. The molecule has 0 aliphatic carbocycles. The Kier molecular flexibility index (Phi) is 7.74. The van der Waals surface area contributed by atoms with Crippen LogP contribution >= 0.6 is 23.1 Å². The van der Waals surface area contributed by atoms with Gasteiger partial charge in [0.15, 0.2) is 5.13 Å². The molecule has 7 heteroatoms. The zero-order valence-electron chi connectivity index (χ0n) is 16.8. The first-order valence-electron chi connectivity index (χ1n) is 8.98. The average Bonchev–Trinajstić information content (AvgIpc) is 3.03. The van der Waals surface area contributed by atoms with Gasteiger partial charge >= 0.3 is 0 Å². The Morgan fingerprint density at radius 2 is 2.07 bits per heavy atom. The van der Waals surface area contributed by atoms with E-state index < -0.39 is 0 Å². The van der Waals surface area contributed by atoms with Crippen LogP contribution in [-0.2, 0) is 0 Å². The summed E-state index contributed by atoms with van der Waals surface area (Å²) >= 11 is 3.10. The van der Waals surface area contributed by atoms with Crippen LogP contribution in [-0.4, -0.2) is 16.1 Å². The summed E-state index contributed by atoms with van der Waals surface area (Å²) in [5, 5.41) is 6.90. The molecule has 146 valence electrons. The van der Waals surface area contributed by atoms with Crippen LogP contribution in [0.2, 0.25) is 0 Å². The summed E-state index contributed by atoms with van der Waals surface area (Å²) in [5.74, 6) is 1.36. The minimum atomic E-state index is 0.0804. The van der Waals surface area contributed by atoms with Crippen LogP contribution in [0.25, 0.3) is 4.91 Å². The van der Waals surface area contributed by atoms with Gasteiger partial charge in [0.1, 0.15) is 5.82 Å². The number of nitrogens with zero attached hydrogens (tertiary/aromatic N) is 2. The van der Waals surface area contributed by atoms with E-state index >= 15 is 0 Å². The molecule has 0 atom stereocenters. The number of aryl methyl sites for hydroxylation is 1. The van der Waals surface area contributed by atoms with E-state index in [2.05, 4.69) is 31.1 Å². The van der Waals surface area contributed by atoms with Gasteiger partial charge in [0, 0.05) is 15.8 Å². The zero-order chi connectivity index (χ0) is 20.0. The van der Waals surface area contributed by atoms with Gasteiger partial charge in [0.25, 0.3) is 0 Å². The maximum absolute atomic E-state index is 6.09. The second kappa shape index (κ2) is 9.80. The van der Waals surface area contributed by atoms with Gasteiger partial charge in [-0.15, -0.1) is 11.3 Å². The van der Waals surface area contributed by atoms with E-state index in [1.807, 2.05) is 44.4 Å². The molecule has 0 bridgehead atoms. The Bertz CT molecular complexity index is 836.